The number of nitrogens with zero attached hydrogens (tertiary/aromatic N) is 1. The van der Waals surface area contributed by atoms with E-state index in [0.717, 1.165) is 39.0 Å². The summed E-state index contributed by atoms with van der Waals surface area (Å²) in [6.45, 7) is 2.18. The summed E-state index contributed by atoms with van der Waals surface area (Å²) in [6.07, 6.45) is 0. The summed E-state index contributed by atoms with van der Waals surface area (Å²) in [5.74, 6) is 0. The first-order chi connectivity index (χ1) is 27.2. The molecule has 2 nitrogen and oxygen atoms in total. The Hall–Kier alpha value is -7.16. The number of aryl methyl sites for hydroxylation is 1. The quantitative estimate of drug-likeness (QED) is 0.170. The zero-order valence-electron chi connectivity index (χ0n) is 30.5. The highest BCUT2D eigenvalue weighted by molar-refractivity contribution is 6.10. The monoisotopic (exact) mass is 703 g/mol. The Balaban J connectivity index is 0.000000207. The Labute approximate surface area is 320 Å². The van der Waals surface area contributed by atoms with Gasteiger partial charge >= 0.3 is 0 Å². The van der Waals surface area contributed by atoms with Crippen LogP contribution in [0.3, 0.4) is 0 Å². The summed E-state index contributed by atoms with van der Waals surface area (Å²) in [5.41, 5.74) is 8.85. The van der Waals surface area contributed by atoms with Gasteiger partial charge in [0.05, 0.1) is 0 Å². The Morgan fingerprint density at radius 2 is 0.873 bits per heavy atom. The van der Waals surface area contributed by atoms with Gasteiger partial charge in [0.1, 0.15) is 11.2 Å². The normalized spacial score (nSPS) is 11.4. The van der Waals surface area contributed by atoms with Crippen LogP contribution in [0.25, 0.3) is 76.2 Å². The molecule has 0 aliphatic carbocycles. The lowest BCUT2D eigenvalue weighted by Crippen LogP contribution is -2.09. The van der Waals surface area contributed by atoms with Gasteiger partial charge in [0.15, 0.2) is 0 Å². The van der Waals surface area contributed by atoms with Gasteiger partial charge in [-0.05, 0) is 121 Å². The van der Waals surface area contributed by atoms with Crippen molar-refractivity contribution in [1.29, 1.82) is 0 Å². The predicted octanol–water partition coefficient (Wildman–Crippen LogP) is 15.3. The summed E-state index contributed by atoms with van der Waals surface area (Å²) < 4.78 is 6.12. The van der Waals surface area contributed by atoms with Crippen molar-refractivity contribution in [1.82, 2.24) is 0 Å². The average Bonchev–Trinajstić information content (AvgIpc) is 3.63. The topological polar surface area (TPSA) is 16.4 Å². The van der Waals surface area contributed by atoms with Crippen LogP contribution in [0.2, 0.25) is 0 Å². The van der Waals surface area contributed by atoms with Crippen LogP contribution in [-0.4, -0.2) is 0 Å². The molecule has 0 fully saturated rings. The minimum atomic E-state index is 0.898. The first-order valence-corrected chi connectivity index (χ1v) is 18.8. The Bertz CT molecular complexity index is 3180. The largest absolute Gasteiger partial charge is 0.456 e. The van der Waals surface area contributed by atoms with Crippen LogP contribution in [0, 0.1) is 6.92 Å². The molecule has 0 aliphatic rings. The molecule has 55 heavy (non-hydrogen) atoms. The average molecular weight is 704 g/mol. The van der Waals surface area contributed by atoms with Crippen molar-refractivity contribution in [2.45, 2.75) is 6.92 Å². The lowest BCUT2D eigenvalue weighted by Gasteiger charge is -2.26. The molecule has 0 aliphatic heterocycles. The number of hydrogen-bond acceptors (Lipinski definition) is 2. The molecule has 0 saturated heterocycles. The molecule has 10 aromatic carbocycles. The molecule has 0 unspecified atom stereocenters. The third-order valence-electron chi connectivity index (χ3n) is 10.8. The second kappa shape index (κ2) is 13.7. The summed E-state index contributed by atoms with van der Waals surface area (Å²) >= 11 is 0. The maximum absolute atomic E-state index is 6.12. The van der Waals surface area contributed by atoms with Crippen LogP contribution in [0.4, 0.5) is 17.1 Å². The third kappa shape index (κ3) is 5.95. The minimum Gasteiger partial charge on any atom is -0.456 e. The Morgan fingerprint density at radius 3 is 1.69 bits per heavy atom. The molecule has 11 aromatic rings. The van der Waals surface area contributed by atoms with Crippen LogP contribution < -0.4 is 4.90 Å². The van der Waals surface area contributed by atoms with E-state index >= 15 is 0 Å². The number of anilines is 3. The molecule has 11 rings (SSSR count). The second-order valence-electron chi connectivity index (χ2n) is 14.2. The van der Waals surface area contributed by atoms with E-state index in [9.17, 15) is 0 Å². The zero-order chi connectivity index (χ0) is 36.7. The lowest BCUT2D eigenvalue weighted by atomic mass is 9.97. The third-order valence-corrected chi connectivity index (χ3v) is 10.8. The van der Waals surface area contributed by atoms with Gasteiger partial charge in [-0.25, -0.2) is 0 Å². The molecule has 0 N–H and O–H groups in total. The summed E-state index contributed by atoms with van der Waals surface area (Å²) in [7, 11) is 0. The highest BCUT2D eigenvalue weighted by atomic mass is 16.3. The Morgan fingerprint density at radius 1 is 0.309 bits per heavy atom. The van der Waals surface area contributed by atoms with Crippen molar-refractivity contribution in [2.24, 2.45) is 0 Å². The number of rotatable bonds is 4. The number of furan rings is 1. The first kappa shape index (κ1) is 32.5. The molecular formula is C53H37NO. The van der Waals surface area contributed by atoms with Crippen LogP contribution in [0.15, 0.2) is 211 Å². The number of hydrogen-bond donors (Lipinski definition) is 0. The van der Waals surface area contributed by atoms with Crippen molar-refractivity contribution in [2.75, 3.05) is 4.90 Å². The van der Waals surface area contributed by atoms with Gasteiger partial charge in [0.25, 0.3) is 0 Å². The van der Waals surface area contributed by atoms with Gasteiger partial charge in [0, 0.05) is 27.8 Å². The van der Waals surface area contributed by atoms with E-state index in [1.165, 1.54) is 59.8 Å². The fourth-order valence-electron chi connectivity index (χ4n) is 8.12. The fraction of sp³-hybridized carbons (Fsp3) is 0.0189. The molecule has 0 bridgehead atoms. The highest BCUT2D eigenvalue weighted by Crippen LogP contribution is 2.40. The summed E-state index contributed by atoms with van der Waals surface area (Å²) in [4.78, 5) is 2.32. The number of para-hydroxylation sites is 2. The van der Waals surface area contributed by atoms with Gasteiger partial charge in [-0.2, -0.15) is 0 Å². The van der Waals surface area contributed by atoms with E-state index in [1.807, 2.05) is 12.1 Å². The molecule has 0 amide bonds. The van der Waals surface area contributed by atoms with Crippen LogP contribution in [-0.2, 0) is 0 Å². The number of fused-ring (bicyclic) bond motifs is 9. The van der Waals surface area contributed by atoms with E-state index in [-0.39, 0.29) is 0 Å². The van der Waals surface area contributed by atoms with Crippen LogP contribution in [0.1, 0.15) is 5.56 Å². The molecular weight excluding hydrogens is 667 g/mol. The van der Waals surface area contributed by atoms with Crippen LogP contribution in [0.5, 0.6) is 0 Å². The van der Waals surface area contributed by atoms with Gasteiger partial charge in [-0.3, -0.25) is 0 Å². The van der Waals surface area contributed by atoms with Gasteiger partial charge < -0.3 is 9.32 Å². The lowest BCUT2D eigenvalue weighted by molar-refractivity contribution is 0.669. The standard InChI is InChI=1S/C38H25NO.C15H12/c1-2-11-30(12-3-1)39(32-21-22-38-36(25-32)34-15-6-7-16-37(34)40-38)31-13-8-10-28(23-31)29-20-19-27-18-17-26-9-4-5-14-33(26)35(27)24-29;1-11-10-12-6-2-3-8-14(12)15-9-5-4-7-13(11)15/h1-25H;2-10H,1H3. The molecule has 0 atom stereocenters. The first-order valence-electron chi connectivity index (χ1n) is 18.8. The molecule has 260 valence electrons. The van der Waals surface area contributed by atoms with Crippen molar-refractivity contribution < 1.29 is 4.42 Å². The van der Waals surface area contributed by atoms with Gasteiger partial charge in [-0.15, -0.1) is 0 Å². The summed E-state index contributed by atoms with van der Waals surface area (Å²) in [6, 6.07) is 73.3. The smallest absolute Gasteiger partial charge is 0.135 e. The highest BCUT2D eigenvalue weighted by Gasteiger charge is 2.16. The molecule has 0 spiro atoms. The van der Waals surface area contributed by atoms with Gasteiger partial charge in [0.2, 0.25) is 0 Å². The van der Waals surface area contributed by atoms with E-state index in [4.69, 9.17) is 4.42 Å². The van der Waals surface area contributed by atoms with Crippen molar-refractivity contribution in [3.8, 4) is 11.1 Å². The van der Waals surface area contributed by atoms with Crippen molar-refractivity contribution in [3.05, 3.63) is 212 Å². The van der Waals surface area contributed by atoms with E-state index < -0.39 is 0 Å². The summed E-state index contributed by atoms with van der Waals surface area (Å²) in [5, 5.41) is 12.7. The fourth-order valence-corrected chi connectivity index (χ4v) is 8.12. The van der Waals surface area contributed by atoms with E-state index in [0.29, 0.717) is 0 Å². The second-order valence-corrected chi connectivity index (χ2v) is 14.2. The molecule has 2 heteroatoms. The van der Waals surface area contributed by atoms with Crippen LogP contribution >= 0.6 is 0 Å². The van der Waals surface area contributed by atoms with Gasteiger partial charge in [-0.1, -0.05) is 152 Å². The zero-order valence-corrected chi connectivity index (χ0v) is 30.5. The maximum Gasteiger partial charge on any atom is 0.135 e. The number of benzene rings is 10. The maximum atomic E-state index is 6.12. The predicted molar refractivity (Wildman–Crippen MR) is 235 cm³/mol. The SMILES string of the molecule is Cc1cc2ccccc2c2ccccc12.c1ccc(N(c2cccc(-c3ccc4ccc5ccccc5c4c3)c2)c2ccc3oc4ccccc4c3c2)cc1. The molecule has 1 heterocycles. The molecule has 1 aromatic heterocycles. The molecule has 0 radical (unpaired) electrons. The minimum absolute atomic E-state index is 0.898. The van der Waals surface area contributed by atoms with Crippen molar-refractivity contribution >= 4 is 82.1 Å². The molecule has 0 saturated carbocycles. The Kier molecular flexibility index (Phi) is 8.08. The van der Waals surface area contributed by atoms with E-state index in [2.05, 4.69) is 206 Å². The van der Waals surface area contributed by atoms with Crippen molar-refractivity contribution in [3.63, 3.8) is 0 Å². The van der Waals surface area contributed by atoms with E-state index in [1.54, 1.807) is 0 Å².